The van der Waals surface area contributed by atoms with Crippen molar-refractivity contribution in [1.82, 2.24) is 10.3 Å². The highest BCUT2D eigenvalue weighted by atomic mass is 19.1. The second-order valence-electron chi connectivity index (χ2n) is 4.44. The van der Waals surface area contributed by atoms with Gasteiger partial charge in [-0.15, -0.1) is 0 Å². The standard InChI is InChI=1S/C12H15FN2O3/c1-8-12(17,2-3-18-8)7-15-11(16)9-4-10(13)6-14-5-9/h4-6,8,17H,2-3,7H2,1H3,(H,15,16). The first kappa shape index (κ1) is 12.9. The molecule has 1 fully saturated rings. The van der Waals surface area contributed by atoms with Crippen LogP contribution in [0.5, 0.6) is 0 Å². The van der Waals surface area contributed by atoms with Gasteiger partial charge in [-0.05, 0) is 13.0 Å². The van der Waals surface area contributed by atoms with Gasteiger partial charge in [-0.2, -0.15) is 0 Å². The maximum absolute atomic E-state index is 12.9. The molecule has 0 aliphatic carbocycles. The number of aromatic nitrogens is 1. The Morgan fingerprint density at radius 1 is 1.72 bits per heavy atom. The van der Waals surface area contributed by atoms with Gasteiger partial charge in [-0.25, -0.2) is 4.39 Å². The van der Waals surface area contributed by atoms with E-state index in [1.807, 2.05) is 0 Å². The number of aliphatic hydroxyl groups is 1. The normalized spacial score (nSPS) is 27.2. The Labute approximate surface area is 104 Å². The molecular weight excluding hydrogens is 239 g/mol. The van der Waals surface area contributed by atoms with Crippen molar-refractivity contribution in [2.45, 2.75) is 25.0 Å². The molecule has 98 valence electrons. The molecule has 2 unspecified atom stereocenters. The van der Waals surface area contributed by atoms with Gasteiger partial charge in [0, 0.05) is 25.8 Å². The Balaban J connectivity index is 1.96. The Hall–Kier alpha value is -1.53. The Bertz CT molecular complexity index is 455. The molecule has 2 rings (SSSR count). The molecule has 1 aliphatic heterocycles. The third-order valence-electron chi connectivity index (χ3n) is 3.18. The summed E-state index contributed by atoms with van der Waals surface area (Å²) in [7, 11) is 0. The van der Waals surface area contributed by atoms with Crippen LogP contribution in [-0.2, 0) is 4.74 Å². The summed E-state index contributed by atoms with van der Waals surface area (Å²) in [4.78, 5) is 15.3. The van der Waals surface area contributed by atoms with E-state index >= 15 is 0 Å². The Morgan fingerprint density at radius 2 is 2.50 bits per heavy atom. The van der Waals surface area contributed by atoms with Crippen molar-refractivity contribution < 1.29 is 19.0 Å². The van der Waals surface area contributed by atoms with E-state index < -0.39 is 17.3 Å². The van der Waals surface area contributed by atoms with Crippen molar-refractivity contribution in [2.75, 3.05) is 13.2 Å². The lowest BCUT2D eigenvalue weighted by molar-refractivity contribution is -0.0251. The van der Waals surface area contributed by atoms with Crippen LogP contribution in [0.2, 0.25) is 0 Å². The lowest BCUT2D eigenvalue weighted by Crippen LogP contribution is -2.47. The van der Waals surface area contributed by atoms with Gasteiger partial charge < -0.3 is 15.2 Å². The van der Waals surface area contributed by atoms with E-state index in [4.69, 9.17) is 4.74 Å². The molecule has 1 aromatic heterocycles. The first-order valence-electron chi connectivity index (χ1n) is 5.74. The lowest BCUT2D eigenvalue weighted by atomic mass is 9.96. The first-order chi connectivity index (χ1) is 8.51. The molecule has 5 nitrogen and oxygen atoms in total. The van der Waals surface area contributed by atoms with Crippen molar-refractivity contribution in [1.29, 1.82) is 0 Å². The molecule has 0 bridgehead atoms. The molecule has 2 heterocycles. The summed E-state index contributed by atoms with van der Waals surface area (Å²) in [5, 5.41) is 12.7. The summed E-state index contributed by atoms with van der Waals surface area (Å²) in [6.07, 6.45) is 2.44. The molecule has 1 aromatic rings. The minimum absolute atomic E-state index is 0.0729. The van der Waals surface area contributed by atoms with E-state index in [2.05, 4.69) is 10.3 Å². The predicted octanol–water partition coefficient (Wildman–Crippen LogP) is 0.490. The fraction of sp³-hybridized carbons (Fsp3) is 0.500. The van der Waals surface area contributed by atoms with Crippen molar-refractivity contribution in [2.24, 2.45) is 0 Å². The van der Waals surface area contributed by atoms with E-state index in [-0.39, 0.29) is 18.2 Å². The second-order valence-corrected chi connectivity index (χ2v) is 4.44. The molecule has 18 heavy (non-hydrogen) atoms. The number of rotatable bonds is 3. The maximum Gasteiger partial charge on any atom is 0.253 e. The van der Waals surface area contributed by atoms with Gasteiger partial charge in [0.2, 0.25) is 0 Å². The van der Waals surface area contributed by atoms with Crippen LogP contribution in [0.15, 0.2) is 18.5 Å². The van der Waals surface area contributed by atoms with Crippen LogP contribution in [-0.4, -0.2) is 40.9 Å². The maximum atomic E-state index is 12.9. The lowest BCUT2D eigenvalue weighted by Gasteiger charge is -2.26. The first-order valence-corrected chi connectivity index (χ1v) is 5.74. The summed E-state index contributed by atoms with van der Waals surface area (Å²) >= 11 is 0. The zero-order valence-corrected chi connectivity index (χ0v) is 10.0. The number of amides is 1. The molecule has 2 N–H and O–H groups in total. The van der Waals surface area contributed by atoms with E-state index in [9.17, 15) is 14.3 Å². The number of nitrogens with one attached hydrogen (secondary N) is 1. The van der Waals surface area contributed by atoms with Crippen LogP contribution in [0.3, 0.4) is 0 Å². The highest BCUT2D eigenvalue weighted by Crippen LogP contribution is 2.24. The number of hydrogen-bond acceptors (Lipinski definition) is 4. The molecule has 0 spiro atoms. The molecule has 2 atom stereocenters. The third-order valence-corrected chi connectivity index (χ3v) is 3.18. The predicted molar refractivity (Wildman–Crippen MR) is 61.5 cm³/mol. The summed E-state index contributed by atoms with van der Waals surface area (Å²) < 4.78 is 18.1. The number of hydrogen-bond donors (Lipinski definition) is 2. The van der Waals surface area contributed by atoms with Gasteiger partial charge >= 0.3 is 0 Å². The highest BCUT2D eigenvalue weighted by Gasteiger charge is 2.39. The monoisotopic (exact) mass is 254 g/mol. The van der Waals surface area contributed by atoms with E-state index in [0.717, 1.165) is 12.3 Å². The van der Waals surface area contributed by atoms with Crippen LogP contribution in [0.4, 0.5) is 4.39 Å². The Kier molecular flexibility index (Phi) is 3.58. The van der Waals surface area contributed by atoms with E-state index in [0.29, 0.717) is 13.0 Å². The van der Waals surface area contributed by atoms with Gasteiger partial charge in [-0.1, -0.05) is 0 Å². The van der Waals surface area contributed by atoms with Gasteiger partial charge in [0.25, 0.3) is 5.91 Å². The average molecular weight is 254 g/mol. The summed E-state index contributed by atoms with van der Waals surface area (Å²) in [5.74, 6) is -1.03. The smallest absolute Gasteiger partial charge is 0.253 e. The zero-order valence-electron chi connectivity index (χ0n) is 10.0. The van der Waals surface area contributed by atoms with Crippen LogP contribution in [0.1, 0.15) is 23.7 Å². The minimum Gasteiger partial charge on any atom is -0.385 e. The van der Waals surface area contributed by atoms with Crippen molar-refractivity contribution in [3.63, 3.8) is 0 Å². The molecule has 1 amide bonds. The van der Waals surface area contributed by atoms with Gasteiger partial charge in [0.05, 0.1) is 17.9 Å². The fourth-order valence-corrected chi connectivity index (χ4v) is 1.87. The molecular formula is C12H15FN2O3. The average Bonchev–Trinajstić information content (AvgIpc) is 2.67. The summed E-state index contributed by atoms with van der Waals surface area (Å²) in [6, 6.07) is 1.10. The molecule has 6 heteroatoms. The zero-order chi connectivity index (χ0) is 13.2. The number of carbonyl (C=O) groups excluding carboxylic acids is 1. The van der Waals surface area contributed by atoms with Crippen LogP contribution >= 0.6 is 0 Å². The fourth-order valence-electron chi connectivity index (χ4n) is 1.87. The SMILES string of the molecule is CC1OCCC1(O)CNC(=O)c1cncc(F)c1. The van der Waals surface area contributed by atoms with Gasteiger partial charge in [0.15, 0.2) is 0 Å². The van der Waals surface area contributed by atoms with E-state index in [1.54, 1.807) is 6.92 Å². The van der Waals surface area contributed by atoms with Gasteiger partial charge in [0.1, 0.15) is 11.4 Å². The van der Waals surface area contributed by atoms with Crippen LogP contribution in [0, 0.1) is 5.82 Å². The molecule has 0 saturated carbocycles. The molecule has 0 aromatic carbocycles. The van der Waals surface area contributed by atoms with Crippen LogP contribution < -0.4 is 5.32 Å². The minimum atomic E-state index is -1.06. The van der Waals surface area contributed by atoms with Crippen molar-refractivity contribution in [3.8, 4) is 0 Å². The second kappa shape index (κ2) is 4.99. The van der Waals surface area contributed by atoms with Crippen molar-refractivity contribution >= 4 is 5.91 Å². The third kappa shape index (κ3) is 2.65. The summed E-state index contributed by atoms with van der Waals surface area (Å²) in [5.41, 5.74) is -0.929. The van der Waals surface area contributed by atoms with Crippen molar-refractivity contribution in [3.05, 3.63) is 29.8 Å². The Morgan fingerprint density at radius 3 is 3.11 bits per heavy atom. The van der Waals surface area contributed by atoms with Gasteiger partial charge in [-0.3, -0.25) is 9.78 Å². The number of carbonyl (C=O) groups is 1. The molecule has 1 saturated heterocycles. The molecule has 0 radical (unpaired) electrons. The van der Waals surface area contributed by atoms with Crippen LogP contribution in [0.25, 0.3) is 0 Å². The number of pyridine rings is 1. The molecule has 1 aliphatic rings. The largest absolute Gasteiger partial charge is 0.385 e. The number of nitrogens with zero attached hydrogens (tertiary/aromatic N) is 1. The number of halogens is 1. The highest BCUT2D eigenvalue weighted by molar-refractivity contribution is 5.93. The quantitative estimate of drug-likeness (QED) is 0.823. The summed E-state index contributed by atoms with van der Waals surface area (Å²) in [6.45, 7) is 2.29. The topological polar surface area (TPSA) is 71.5 Å². The van der Waals surface area contributed by atoms with E-state index in [1.165, 1.54) is 6.20 Å². The number of ether oxygens (including phenoxy) is 1.